The van der Waals surface area contributed by atoms with Gasteiger partial charge in [-0.2, -0.15) is 11.3 Å². The van der Waals surface area contributed by atoms with Crippen LogP contribution in [0.25, 0.3) is 0 Å². The van der Waals surface area contributed by atoms with E-state index in [0.717, 1.165) is 12.3 Å². The summed E-state index contributed by atoms with van der Waals surface area (Å²) in [6.45, 7) is 0. The van der Waals surface area contributed by atoms with Gasteiger partial charge in [0, 0.05) is 11.3 Å². The second kappa shape index (κ2) is 5.07. The normalized spacial score (nSPS) is 22.7. The standard InChI is InChI=1S/C16H17ClS/c17-12-16(10-13-7-9-18-11-13)8-3-5-14-4-1-2-6-15(14)16/h1-2,4,6-7,9,11H,3,5,8,10,12H2. The fraction of sp³-hybridized carbons (Fsp3) is 0.375. The molecule has 0 radical (unpaired) electrons. The summed E-state index contributed by atoms with van der Waals surface area (Å²) in [6.07, 6.45) is 4.76. The van der Waals surface area contributed by atoms with Crippen LogP contribution in [-0.4, -0.2) is 5.88 Å². The van der Waals surface area contributed by atoms with Crippen LogP contribution in [0.4, 0.5) is 0 Å². The lowest BCUT2D eigenvalue weighted by Gasteiger charge is -2.38. The first-order valence-electron chi connectivity index (χ1n) is 6.49. The molecule has 2 aromatic rings. The minimum atomic E-state index is 0.150. The molecule has 0 saturated carbocycles. The van der Waals surface area contributed by atoms with Gasteiger partial charge >= 0.3 is 0 Å². The molecule has 0 saturated heterocycles. The third-order valence-electron chi connectivity index (χ3n) is 4.07. The number of rotatable bonds is 3. The summed E-state index contributed by atoms with van der Waals surface area (Å²) in [5.74, 6) is 0.722. The number of halogens is 1. The predicted octanol–water partition coefficient (Wildman–Crippen LogP) is 4.80. The molecule has 0 nitrogen and oxygen atoms in total. The van der Waals surface area contributed by atoms with E-state index in [0.29, 0.717) is 0 Å². The summed E-state index contributed by atoms with van der Waals surface area (Å²) in [5.41, 5.74) is 4.56. The predicted molar refractivity (Wildman–Crippen MR) is 79.8 cm³/mol. The van der Waals surface area contributed by atoms with E-state index in [4.69, 9.17) is 11.6 Å². The first-order chi connectivity index (χ1) is 8.84. The van der Waals surface area contributed by atoms with Crippen LogP contribution in [0.2, 0.25) is 0 Å². The molecular weight excluding hydrogens is 260 g/mol. The molecule has 3 rings (SSSR count). The van der Waals surface area contributed by atoms with Crippen molar-refractivity contribution in [3.8, 4) is 0 Å². The van der Waals surface area contributed by atoms with Gasteiger partial charge in [0.05, 0.1) is 0 Å². The Bertz CT molecular complexity index is 518. The van der Waals surface area contributed by atoms with Gasteiger partial charge in [0.2, 0.25) is 0 Å². The van der Waals surface area contributed by atoms with E-state index in [1.807, 2.05) is 0 Å². The summed E-state index contributed by atoms with van der Waals surface area (Å²) in [7, 11) is 0. The maximum absolute atomic E-state index is 6.39. The van der Waals surface area contributed by atoms with Crippen molar-refractivity contribution in [1.82, 2.24) is 0 Å². The maximum atomic E-state index is 6.39. The van der Waals surface area contributed by atoms with Crippen LogP contribution in [0.15, 0.2) is 41.1 Å². The van der Waals surface area contributed by atoms with Gasteiger partial charge in [-0.15, -0.1) is 11.6 Å². The fourth-order valence-corrected chi connectivity index (χ4v) is 4.20. The second-order valence-electron chi connectivity index (χ2n) is 5.23. The van der Waals surface area contributed by atoms with E-state index < -0.39 is 0 Å². The van der Waals surface area contributed by atoms with Gasteiger partial charge in [0.1, 0.15) is 0 Å². The average molecular weight is 277 g/mol. The monoisotopic (exact) mass is 276 g/mol. The minimum Gasteiger partial charge on any atom is -0.152 e. The first-order valence-corrected chi connectivity index (χ1v) is 7.97. The number of fused-ring (bicyclic) bond motifs is 1. The lowest BCUT2D eigenvalue weighted by atomic mass is 9.68. The highest BCUT2D eigenvalue weighted by molar-refractivity contribution is 7.07. The molecular formula is C16H17ClS. The molecule has 0 aliphatic heterocycles. The van der Waals surface area contributed by atoms with Crippen LogP contribution in [-0.2, 0) is 18.3 Å². The Labute approximate surface area is 118 Å². The van der Waals surface area contributed by atoms with Crippen LogP contribution < -0.4 is 0 Å². The van der Waals surface area contributed by atoms with E-state index >= 15 is 0 Å². The fourth-order valence-electron chi connectivity index (χ4n) is 3.16. The molecule has 94 valence electrons. The van der Waals surface area contributed by atoms with Gasteiger partial charge in [-0.05, 0) is 59.2 Å². The molecule has 2 heteroatoms. The summed E-state index contributed by atoms with van der Waals surface area (Å²) in [6, 6.07) is 11.1. The Morgan fingerprint density at radius 1 is 1.22 bits per heavy atom. The summed E-state index contributed by atoms with van der Waals surface area (Å²) in [5, 5.41) is 4.41. The van der Waals surface area contributed by atoms with E-state index in [-0.39, 0.29) is 5.41 Å². The quantitative estimate of drug-likeness (QED) is 0.706. The van der Waals surface area contributed by atoms with E-state index in [9.17, 15) is 0 Å². The topological polar surface area (TPSA) is 0 Å². The van der Waals surface area contributed by atoms with Crippen molar-refractivity contribution in [3.05, 3.63) is 57.8 Å². The van der Waals surface area contributed by atoms with Crippen LogP contribution >= 0.6 is 22.9 Å². The minimum absolute atomic E-state index is 0.150. The highest BCUT2D eigenvalue weighted by atomic mass is 35.5. The smallest absolute Gasteiger partial charge is 0.0323 e. The average Bonchev–Trinajstić information content (AvgIpc) is 2.92. The van der Waals surface area contributed by atoms with Crippen molar-refractivity contribution in [1.29, 1.82) is 0 Å². The van der Waals surface area contributed by atoms with Crippen LogP contribution in [0.5, 0.6) is 0 Å². The molecule has 1 aromatic heterocycles. The van der Waals surface area contributed by atoms with E-state index in [2.05, 4.69) is 41.1 Å². The van der Waals surface area contributed by atoms with Crippen molar-refractivity contribution in [2.24, 2.45) is 0 Å². The molecule has 1 atom stereocenters. The molecule has 0 amide bonds. The number of thiophene rings is 1. The zero-order valence-electron chi connectivity index (χ0n) is 10.4. The largest absolute Gasteiger partial charge is 0.152 e. The molecule has 1 aliphatic rings. The first kappa shape index (κ1) is 12.3. The number of hydrogen-bond donors (Lipinski definition) is 0. The van der Waals surface area contributed by atoms with Crippen LogP contribution in [0.3, 0.4) is 0 Å². The molecule has 0 spiro atoms. The molecule has 1 unspecified atom stereocenters. The Morgan fingerprint density at radius 2 is 2.11 bits per heavy atom. The van der Waals surface area contributed by atoms with Gasteiger partial charge in [0.25, 0.3) is 0 Å². The zero-order valence-corrected chi connectivity index (χ0v) is 11.9. The summed E-state index contributed by atoms with van der Waals surface area (Å²) >= 11 is 8.16. The van der Waals surface area contributed by atoms with Crippen molar-refractivity contribution in [2.75, 3.05) is 5.88 Å². The number of aryl methyl sites for hydroxylation is 1. The van der Waals surface area contributed by atoms with E-state index in [1.54, 1.807) is 11.3 Å². The molecule has 1 heterocycles. The van der Waals surface area contributed by atoms with E-state index in [1.165, 1.54) is 36.0 Å². The SMILES string of the molecule is ClCC1(Cc2ccsc2)CCCc2ccccc21. The summed E-state index contributed by atoms with van der Waals surface area (Å²) < 4.78 is 0. The van der Waals surface area contributed by atoms with Crippen LogP contribution in [0.1, 0.15) is 29.5 Å². The van der Waals surface area contributed by atoms with Crippen LogP contribution in [0, 0.1) is 0 Å². The lowest BCUT2D eigenvalue weighted by molar-refractivity contribution is 0.397. The van der Waals surface area contributed by atoms with Crippen molar-refractivity contribution >= 4 is 22.9 Å². The van der Waals surface area contributed by atoms with Crippen molar-refractivity contribution in [2.45, 2.75) is 31.1 Å². The van der Waals surface area contributed by atoms with Gasteiger partial charge in [-0.3, -0.25) is 0 Å². The van der Waals surface area contributed by atoms with Gasteiger partial charge in [-0.25, -0.2) is 0 Å². The van der Waals surface area contributed by atoms with Crippen molar-refractivity contribution in [3.63, 3.8) is 0 Å². The van der Waals surface area contributed by atoms with Crippen molar-refractivity contribution < 1.29 is 0 Å². The Morgan fingerprint density at radius 3 is 2.89 bits per heavy atom. The van der Waals surface area contributed by atoms with Gasteiger partial charge < -0.3 is 0 Å². The Balaban J connectivity index is 2.02. The number of benzene rings is 1. The summed E-state index contributed by atoms with van der Waals surface area (Å²) in [4.78, 5) is 0. The molecule has 18 heavy (non-hydrogen) atoms. The Hall–Kier alpha value is -0.790. The molecule has 1 aromatic carbocycles. The van der Waals surface area contributed by atoms with Gasteiger partial charge in [0.15, 0.2) is 0 Å². The highest BCUT2D eigenvalue weighted by Gasteiger charge is 2.35. The third kappa shape index (κ3) is 2.10. The molecule has 0 fully saturated rings. The second-order valence-corrected chi connectivity index (χ2v) is 6.28. The number of alkyl halides is 1. The third-order valence-corrected chi connectivity index (χ3v) is 5.31. The molecule has 1 aliphatic carbocycles. The molecule has 0 bridgehead atoms. The Kier molecular flexibility index (Phi) is 3.45. The highest BCUT2D eigenvalue weighted by Crippen LogP contribution is 2.41. The number of hydrogen-bond acceptors (Lipinski definition) is 1. The zero-order chi connectivity index (χ0) is 12.4. The van der Waals surface area contributed by atoms with Gasteiger partial charge in [-0.1, -0.05) is 24.3 Å². The molecule has 0 N–H and O–H groups in total. The maximum Gasteiger partial charge on any atom is 0.0323 e. The lowest BCUT2D eigenvalue weighted by Crippen LogP contribution is -2.35.